The summed E-state index contributed by atoms with van der Waals surface area (Å²) in [6.45, 7) is 1.03. The van der Waals surface area contributed by atoms with Crippen molar-refractivity contribution >= 4 is 24.5 Å². The Labute approximate surface area is 192 Å². The van der Waals surface area contributed by atoms with Crippen LogP contribution >= 0.6 is 0 Å². The molecule has 2 aromatic carbocycles. The maximum atomic E-state index is 12.5. The van der Waals surface area contributed by atoms with Gasteiger partial charge in [0.05, 0.1) is 19.8 Å². The lowest BCUT2D eigenvalue weighted by atomic mass is 9.76. The van der Waals surface area contributed by atoms with Gasteiger partial charge < -0.3 is 29.2 Å². The largest absolute Gasteiger partial charge is 0.573 e. The highest BCUT2D eigenvalue weighted by Crippen LogP contribution is 2.25. The molecule has 9 nitrogen and oxygen atoms in total. The predicted octanol–water partition coefficient (Wildman–Crippen LogP) is 1.68. The quantitative estimate of drug-likeness (QED) is 0.455. The van der Waals surface area contributed by atoms with Crippen LogP contribution in [-0.2, 0) is 16.0 Å². The number of methoxy groups -OCH3 is 1. The molecule has 0 aromatic heterocycles. The molecule has 1 heterocycles. The summed E-state index contributed by atoms with van der Waals surface area (Å²) in [5.41, 5.74) is -0.941. The number of nitrogens with zero attached hydrogens (tertiary/aromatic N) is 1. The van der Waals surface area contributed by atoms with Gasteiger partial charge in [-0.05, 0) is 42.8 Å². The molecule has 13 heteroatoms. The van der Waals surface area contributed by atoms with Crippen molar-refractivity contribution in [2.45, 2.75) is 25.4 Å². The third-order valence-corrected chi connectivity index (χ3v) is 4.83. The standard InChI is InChI=1S/C21H18BF3N2O7/c1-20(10-26,27-18(28)12-3-6-14(7-4-12)34-21(23,24)25)11-32-15-8-5-13-9-33-22(30)17(13)16(15)19(29)31-2/h3-8,30H,9,11H2,1-2H3,(H,27,28). The number of hydrogen-bond acceptors (Lipinski definition) is 8. The lowest BCUT2D eigenvalue weighted by Gasteiger charge is -2.24. The molecular weight excluding hydrogens is 460 g/mol. The van der Waals surface area contributed by atoms with Crippen LogP contribution in [0.2, 0.25) is 0 Å². The fourth-order valence-electron chi connectivity index (χ4n) is 3.18. The highest BCUT2D eigenvalue weighted by atomic mass is 19.4. The number of hydrogen-bond donors (Lipinski definition) is 2. The molecule has 0 saturated carbocycles. The van der Waals surface area contributed by atoms with Crippen molar-refractivity contribution in [3.63, 3.8) is 0 Å². The number of esters is 1. The van der Waals surface area contributed by atoms with Gasteiger partial charge in [-0.15, -0.1) is 13.2 Å². The second kappa shape index (κ2) is 9.62. The van der Waals surface area contributed by atoms with Gasteiger partial charge in [0.1, 0.15) is 23.7 Å². The number of carbonyl (C=O) groups is 2. The highest BCUT2D eigenvalue weighted by molar-refractivity contribution is 6.63. The molecule has 1 aliphatic heterocycles. The van der Waals surface area contributed by atoms with E-state index in [0.29, 0.717) is 5.56 Å². The number of benzene rings is 2. The Hall–Kier alpha value is -3.76. The number of halogens is 3. The molecule has 1 unspecified atom stereocenters. The Morgan fingerprint density at radius 2 is 1.91 bits per heavy atom. The van der Waals surface area contributed by atoms with Crippen molar-refractivity contribution in [1.82, 2.24) is 5.32 Å². The average Bonchev–Trinajstić information content (AvgIpc) is 3.17. The van der Waals surface area contributed by atoms with Gasteiger partial charge in [-0.2, -0.15) is 5.26 Å². The molecule has 0 bridgehead atoms. The van der Waals surface area contributed by atoms with E-state index in [0.717, 1.165) is 31.4 Å². The zero-order valence-electron chi connectivity index (χ0n) is 17.9. The molecule has 3 rings (SSSR count). The monoisotopic (exact) mass is 478 g/mol. The number of carbonyl (C=O) groups excluding carboxylic acids is 2. The molecule has 178 valence electrons. The first kappa shape index (κ1) is 24.9. The second-order valence-electron chi connectivity index (χ2n) is 7.43. The molecule has 0 aliphatic carbocycles. The topological polar surface area (TPSA) is 127 Å². The molecule has 1 aliphatic rings. The summed E-state index contributed by atoms with van der Waals surface area (Å²) in [4.78, 5) is 24.9. The lowest BCUT2D eigenvalue weighted by Crippen LogP contribution is -2.49. The number of ether oxygens (including phenoxy) is 3. The number of nitriles is 1. The predicted molar refractivity (Wildman–Crippen MR) is 110 cm³/mol. The summed E-state index contributed by atoms with van der Waals surface area (Å²) < 4.78 is 56.2. The number of rotatable bonds is 7. The van der Waals surface area contributed by atoms with E-state index in [1.165, 1.54) is 13.0 Å². The van der Waals surface area contributed by atoms with E-state index in [1.807, 2.05) is 6.07 Å². The van der Waals surface area contributed by atoms with Gasteiger partial charge in [0.2, 0.25) is 0 Å². The Morgan fingerprint density at radius 1 is 1.24 bits per heavy atom. The normalized spacial score (nSPS) is 14.4. The molecule has 2 N–H and O–H groups in total. The third kappa shape index (κ3) is 5.59. The first-order valence-electron chi connectivity index (χ1n) is 9.72. The van der Waals surface area contributed by atoms with E-state index in [1.54, 1.807) is 6.07 Å². The number of nitrogens with one attached hydrogen (secondary N) is 1. The first-order chi connectivity index (χ1) is 16.0. The number of amides is 1. The van der Waals surface area contributed by atoms with Crippen molar-refractivity contribution in [2.75, 3.05) is 13.7 Å². The molecular formula is C21H18BF3N2O7. The smallest absolute Gasteiger partial charge is 0.489 e. The van der Waals surface area contributed by atoms with Crippen molar-refractivity contribution in [1.29, 1.82) is 5.26 Å². The van der Waals surface area contributed by atoms with Gasteiger partial charge in [0.25, 0.3) is 5.91 Å². The molecule has 0 saturated heterocycles. The third-order valence-electron chi connectivity index (χ3n) is 4.83. The van der Waals surface area contributed by atoms with Crippen LogP contribution in [0.15, 0.2) is 36.4 Å². The first-order valence-corrected chi connectivity index (χ1v) is 9.72. The molecule has 0 fully saturated rings. The second-order valence-corrected chi connectivity index (χ2v) is 7.43. The summed E-state index contributed by atoms with van der Waals surface area (Å²) in [6.07, 6.45) is -4.87. The Kier molecular flexibility index (Phi) is 7.04. The van der Waals surface area contributed by atoms with Crippen LogP contribution in [0.1, 0.15) is 33.2 Å². The molecule has 2 aromatic rings. The zero-order valence-corrected chi connectivity index (χ0v) is 17.9. The summed E-state index contributed by atoms with van der Waals surface area (Å²) >= 11 is 0. The van der Waals surface area contributed by atoms with Crippen molar-refractivity contribution in [3.05, 3.63) is 53.1 Å². The van der Waals surface area contributed by atoms with E-state index >= 15 is 0 Å². The van der Waals surface area contributed by atoms with Crippen molar-refractivity contribution in [2.24, 2.45) is 0 Å². The lowest BCUT2D eigenvalue weighted by molar-refractivity contribution is -0.274. The SMILES string of the molecule is COC(=O)c1c(OCC(C)(C#N)NC(=O)c2ccc(OC(F)(F)F)cc2)ccc2c1B(O)OC2. The van der Waals surface area contributed by atoms with Crippen LogP contribution in [0.3, 0.4) is 0 Å². The minimum absolute atomic E-state index is 0.000439. The van der Waals surface area contributed by atoms with Crippen LogP contribution < -0.4 is 20.3 Å². The summed E-state index contributed by atoms with van der Waals surface area (Å²) in [6, 6.07) is 9.06. The fraction of sp³-hybridized carbons (Fsp3) is 0.286. The maximum Gasteiger partial charge on any atom is 0.573 e. The van der Waals surface area contributed by atoms with Crippen LogP contribution in [0.4, 0.5) is 13.2 Å². The van der Waals surface area contributed by atoms with Crippen LogP contribution in [-0.4, -0.2) is 49.6 Å². The maximum absolute atomic E-state index is 12.5. The summed E-state index contributed by atoms with van der Waals surface area (Å²) in [5, 5.41) is 22.1. The van der Waals surface area contributed by atoms with E-state index in [4.69, 9.17) is 14.1 Å². The Balaban J connectivity index is 1.75. The van der Waals surface area contributed by atoms with Gasteiger partial charge in [-0.1, -0.05) is 6.07 Å². The number of fused-ring (bicyclic) bond motifs is 1. The van der Waals surface area contributed by atoms with Crippen LogP contribution in [0.25, 0.3) is 0 Å². The van der Waals surface area contributed by atoms with Gasteiger partial charge in [0, 0.05) is 11.0 Å². The van der Waals surface area contributed by atoms with Crippen LogP contribution in [0.5, 0.6) is 11.5 Å². The van der Waals surface area contributed by atoms with Crippen molar-refractivity contribution < 1.29 is 46.6 Å². The van der Waals surface area contributed by atoms with E-state index < -0.39 is 43.3 Å². The van der Waals surface area contributed by atoms with Gasteiger partial charge >= 0.3 is 19.5 Å². The summed E-state index contributed by atoms with van der Waals surface area (Å²) in [5.74, 6) is -2.05. The molecule has 1 amide bonds. The molecule has 34 heavy (non-hydrogen) atoms. The highest BCUT2D eigenvalue weighted by Gasteiger charge is 2.36. The fourth-order valence-corrected chi connectivity index (χ4v) is 3.18. The van der Waals surface area contributed by atoms with Gasteiger partial charge in [-0.3, -0.25) is 4.79 Å². The van der Waals surface area contributed by atoms with Crippen LogP contribution in [0, 0.1) is 11.3 Å². The van der Waals surface area contributed by atoms with E-state index in [9.17, 15) is 33.0 Å². The Morgan fingerprint density at radius 3 is 2.50 bits per heavy atom. The van der Waals surface area contributed by atoms with E-state index in [2.05, 4.69) is 10.1 Å². The summed E-state index contributed by atoms with van der Waals surface area (Å²) in [7, 11) is -0.211. The van der Waals surface area contributed by atoms with Gasteiger partial charge in [0.15, 0.2) is 5.54 Å². The number of alkyl halides is 3. The van der Waals surface area contributed by atoms with Gasteiger partial charge in [-0.25, -0.2) is 4.79 Å². The minimum atomic E-state index is -4.87. The Bertz CT molecular complexity index is 1130. The van der Waals surface area contributed by atoms with Crippen molar-refractivity contribution in [3.8, 4) is 17.6 Å². The minimum Gasteiger partial charge on any atom is -0.489 e. The average molecular weight is 478 g/mol. The molecule has 1 atom stereocenters. The molecule has 0 radical (unpaired) electrons. The van der Waals surface area contributed by atoms with E-state index in [-0.39, 0.29) is 28.9 Å². The molecule has 0 spiro atoms. The zero-order chi connectivity index (χ0) is 25.1.